The highest BCUT2D eigenvalue weighted by atomic mass is 32.2. The second-order valence-corrected chi connectivity index (χ2v) is 4.48. The van der Waals surface area contributed by atoms with Gasteiger partial charge in [-0.3, -0.25) is 4.98 Å². The monoisotopic (exact) mass is 231 g/mol. The van der Waals surface area contributed by atoms with E-state index in [1.807, 2.05) is 25.1 Å². The molecule has 2 heterocycles. The summed E-state index contributed by atoms with van der Waals surface area (Å²) in [6.45, 7) is 4.03. The van der Waals surface area contributed by atoms with E-state index in [9.17, 15) is 0 Å². The summed E-state index contributed by atoms with van der Waals surface area (Å²) in [5.74, 6) is 0.830. The summed E-state index contributed by atoms with van der Waals surface area (Å²) in [7, 11) is 0. The molecule has 2 rings (SSSR count). The zero-order chi connectivity index (χ0) is 11.4. The summed E-state index contributed by atoms with van der Waals surface area (Å²) in [6.07, 6.45) is 4.52. The van der Waals surface area contributed by atoms with Gasteiger partial charge in [0.1, 0.15) is 10.9 Å². The molecule has 0 aliphatic rings. The van der Waals surface area contributed by atoms with Crippen molar-refractivity contribution in [3.05, 3.63) is 42.1 Å². The van der Waals surface area contributed by atoms with Gasteiger partial charge in [0.05, 0.1) is 0 Å². The van der Waals surface area contributed by atoms with Crippen molar-refractivity contribution >= 4 is 11.8 Å². The van der Waals surface area contributed by atoms with Crippen molar-refractivity contribution in [2.45, 2.75) is 30.2 Å². The number of pyridine rings is 1. The third-order valence-corrected chi connectivity index (χ3v) is 3.03. The van der Waals surface area contributed by atoms with Crippen LogP contribution in [-0.4, -0.2) is 15.0 Å². The van der Waals surface area contributed by atoms with Crippen LogP contribution < -0.4 is 0 Å². The van der Waals surface area contributed by atoms with Gasteiger partial charge in [-0.15, -0.1) is 0 Å². The van der Waals surface area contributed by atoms with Gasteiger partial charge in [0.25, 0.3) is 0 Å². The molecule has 0 fully saturated rings. The van der Waals surface area contributed by atoms with Crippen LogP contribution in [0.1, 0.15) is 18.4 Å². The number of hydrogen-bond acceptors (Lipinski definition) is 4. The summed E-state index contributed by atoms with van der Waals surface area (Å²) < 4.78 is 0. The van der Waals surface area contributed by atoms with E-state index < -0.39 is 0 Å². The largest absolute Gasteiger partial charge is 0.265 e. The molecule has 0 amide bonds. The SMILES string of the molecule is CCc1cc(Sc2ccncc2)nc(C)n1. The zero-order valence-corrected chi connectivity index (χ0v) is 10.2. The first-order chi connectivity index (χ1) is 7.78. The molecule has 0 atom stereocenters. The summed E-state index contributed by atoms with van der Waals surface area (Å²) >= 11 is 1.64. The van der Waals surface area contributed by atoms with Crippen LogP contribution in [0.4, 0.5) is 0 Å². The molecule has 0 spiro atoms. The van der Waals surface area contributed by atoms with E-state index in [1.165, 1.54) is 0 Å². The average Bonchev–Trinajstić information content (AvgIpc) is 2.29. The lowest BCUT2D eigenvalue weighted by Gasteiger charge is -2.03. The Hall–Kier alpha value is -1.42. The first-order valence-electron chi connectivity index (χ1n) is 5.20. The van der Waals surface area contributed by atoms with E-state index in [2.05, 4.69) is 21.9 Å². The van der Waals surface area contributed by atoms with Gasteiger partial charge in [-0.2, -0.15) is 0 Å². The first kappa shape index (κ1) is 11.1. The molecular weight excluding hydrogens is 218 g/mol. The fraction of sp³-hybridized carbons (Fsp3) is 0.250. The van der Waals surface area contributed by atoms with Crippen LogP contribution in [0.15, 0.2) is 40.5 Å². The maximum absolute atomic E-state index is 4.41. The Balaban J connectivity index is 2.24. The fourth-order valence-electron chi connectivity index (χ4n) is 1.36. The number of rotatable bonds is 3. The summed E-state index contributed by atoms with van der Waals surface area (Å²) in [5, 5.41) is 0.996. The highest BCUT2D eigenvalue weighted by Crippen LogP contribution is 2.25. The Morgan fingerprint density at radius 2 is 1.94 bits per heavy atom. The molecule has 0 radical (unpaired) electrons. The fourth-order valence-corrected chi connectivity index (χ4v) is 2.23. The van der Waals surface area contributed by atoms with Crippen molar-refractivity contribution in [2.24, 2.45) is 0 Å². The van der Waals surface area contributed by atoms with E-state index in [4.69, 9.17) is 0 Å². The lowest BCUT2D eigenvalue weighted by molar-refractivity contribution is 0.896. The highest BCUT2D eigenvalue weighted by molar-refractivity contribution is 7.99. The standard InChI is InChI=1S/C12H13N3S/c1-3-10-8-12(15-9(2)14-10)16-11-4-6-13-7-5-11/h4-8H,3H2,1-2H3. The smallest absolute Gasteiger partial charge is 0.126 e. The van der Waals surface area contributed by atoms with Gasteiger partial charge in [0.15, 0.2) is 0 Å². The molecule has 0 saturated carbocycles. The van der Waals surface area contributed by atoms with Crippen LogP contribution in [0, 0.1) is 6.92 Å². The minimum Gasteiger partial charge on any atom is -0.265 e. The molecule has 2 aromatic heterocycles. The lowest BCUT2D eigenvalue weighted by atomic mass is 10.3. The minimum absolute atomic E-state index is 0.830. The molecule has 82 valence electrons. The first-order valence-corrected chi connectivity index (χ1v) is 6.02. The summed E-state index contributed by atoms with van der Waals surface area (Å²) in [6, 6.07) is 6.00. The molecule has 0 N–H and O–H groups in total. The zero-order valence-electron chi connectivity index (χ0n) is 9.34. The van der Waals surface area contributed by atoms with Crippen molar-refractivity contribution in [2.75, 3.05) is 0 Å². The molecule has 0 unspecified atom stereocenters. The lowest BCUT2D eigenvalue weighted by Crippen LogP contribution is -1.95. The van der Waals surface area contributed by atoms with Crippen molar-refractivity contribution in [1.82, 2.24) is 15.0 Å². The second kappa shape index (κ2) is 5.07. The van der Waals surface area contributed by atoms with Gasteiger partial charge >= 0.3 is 0 Å². The van der Waals surface area contributed by atoms with Crippen LogP contribution in [0.5, 0.6) is 0 Å². The molecule has 4 heteroatoms. The van der Waals surface area contributed by atoms with Crippen LogP contribution in [-0.2, 0) is 6.42 Å². The third kappa shape index (κ3) is 2.79. The van der Waals surface area contributed by atoms with Crippen molar-refractivity contribution in [3.8, 4) is 0 Å². The van der Waals surface area contributed by atoms with E-state index in [0.717, 1.165) is 27.9 Å². The predicted octanol–water partition coefficient (Wildman–Crippen LogP) is 2.89. The predicted molar refractivity (Wildman–Crippen MR) is 64.5 cm³/mol. The normalized spacial score (nSPS) is 10.4. The number of aryl methyl sites for hydroxylation is 2. The molecule has 0 bridgehead atoms. The Labute approximate surface area is 99.4 Å². The van der Waals surface area contributed by atoms with E-state index in [1.54, 1.807) is 24.2 Å². The second-order valence-electron chi connectivity index (χ2n) is 3.38. The molecular formula is C12H13N3S. The van der Waals surface area contributed by atoms with Gasteiger partial charge in [-0.05, 0) is 31.5 Å². The van der Waals surface area contributed by atoms with Crippen LogP contribution in [0.3, 0.4) is 0 Å². The van der Waals surface area contributed by atoms with Crippen molar-refractivity contribution < 1.29 is 0 Å². The number of aromatic nitrogens is 3. The maximum atomic E-state index is 4.41. The Bertz CT molecular complexity index is 471. The molecule has 0 aromatic carbocycles. The minimum atomic E-state index is 0.830. The Morgan fingerprint density at radius 1 is 1.19 bits per heavy atom. The molecule has 0 saturated heterocycles. The van der Waals surface area contributed by atoms with Gasteiger partial charge in [-0.1, -0.05) is 18.7 Å². The Morgan fingerprint density at radius 3 is 2.62 bits per heavy atom. The van der Waals surface area contributed by atoms with Crippen LogP contribution in [0.2, 0.25) is 0 Å². The Kier molecular flexibility index (Phi) is 3.51. The van der Waals surface area contributed by atoms with E-state index in [-0.39, 0.29) is 0 Å². The third-order valence-electron chi connectivity index (χ3n) is 2.10. The number of hydrogen-bond donors (Lipinski definition) is 0. The maximum Gasteiger partial charge on any atom is 0.126 e. The topological polar surface area (TPSA) is 38.7 Å². The molecule has 2 aromatic rings. The molecule has 0 aliphatic heterocycles. The highest BCUT2D eigenvalue weighted by Gasteiger charge is 2.02. The van der Waals surface area contributed by atoms with Crippen LogP contribution in [0.25, 0.3) is 0 Å². The average molecular weight is 231 g/mol. The molecule has 16 heavy (non-hydrogen) atoms. The van der Waals surface area contributed by atoms with Crippen molar-refractivity contribution in [1.29, 1.82) is 0 Å². The van der Waals surface area contributed by atoms with E-state index >= 15 is 0 Å². The van der Waals surface area contributed by atoms with Gasteiger partial charge in [-0.25, -0.2) is 9.97 Å². The van der Waals surface area contributed by atoms with Crippen LogP contribution >= 0.6 is 11.8 Å². The van der Waals surface area contributed by atoms with E-state index in [0.29, 0.717) is 0 Å². The summed E-state index contributed by atoms with van der Waals surface area (Å²) in [5.41, 5.74) is 1.09. The number of nitrogens with zero attached hydrogens (tertiary/aromatic N) is 3. The van der Waals surface area contributed by atoms with Gasteiger partial charge in [0.2, 0.25) is 0 Å². The van der Waals surface area contributed by atoms with Gasteiger partial charge in [0, 0.05) is 23.0 Å². The van der Waals surface area contributed by atoms with Gasteiger partial charge < -0.3 is 0 Å². The molecule has 3 nitrogen and oxygen atoms in total. The van der Waals surface area contributed by atoms with Crippen molar-refractivity contribution in [3.63, 3.8) is 0 Å². The summed E-state index contributed by atoms with van der Waals surface area (Å²) in [4.78, 5) is 13.9. The molecule has 0 aliphatic carbocycles. The quantitative estimate of drug-likeness (QED) is 0.761.